The lowest BCUT2D eigenvalue weighted by atomic mass is 10.2. The van der Waals surface area contributed by atoms with Crippen molar-refractivity contribution in [3.8, 4) is 5.75 Å². The summed E-state index contributed by atoms with van der Waals surface area (Å²) in [7, 11) is 5.83. The van der Waals surface area contributed by atoms with Crippen LogP contribution >= 0.6 is 0 Å². The molecule has 0 spiro atoms. The Balaban J connectivity index is 2.32. The van der Waals surface area contributed by atoms with Gasteiger partial charge < -0.3 is 20.7 Å². The summed E-state index contributed by atoms with van der Waals surface area (Å²) in [6.07, 6.45) is 2.33. The predicted molar refractivity (Wildman–Crippen MR) is 73.7 cm³/mol. The molecule has 96 valence electrons. The van der Waals surface area contributed by atoms with E-state index in [1.54, 1.807) is 7.11 Å². The molecule has 1 rings (SSSR count). The van der Waals surface area contributed by atoms with Crippen LogP contribution < -0.4 is 15.8 Å². The van der Waals surface area contributed by atoms with Crippen molar-refractivity contribution in [2.75, 3.05) is 45.3 Å². The highest BCUT2D eigenvalue weighted by Gasteiger charge is 2.00. The van der Waals surface area contributed by atoms with Crippen LogP contribution in [0, 0.1) is 0 Å². The maximum atomic E-state index is 5.91. The first kappa shape index (κ1) is 13.6. The zero-order valence-corrected chi connectivity index (χ0v) is 11.0. The number of unbranched alkanes of at least 4 members (excludes halogenated alkanes) is 1. The van der Waals surface area contributed by atoms with Crippen LogP contribution in [0.15, 0.2) is 18.2 Å². The minimum Gasteiger partial charge on any atom is -0.497 e. The van der Waals surface area contributed by atoms with Gasteiger partial charge in [-0.05, 0) is 45.6 Å². The van der Waals surface area contributed by atoms with E-state index in [0.717, 1.165) is 36.6 Å². The quantitative estimate of drug-likeness (QED) is 0.563. The highest BCUT2D eigenvalue weighted by Crippen LogP contribution is 2.23. The Labute approximate surface area is 104 Å². The number of hydrogen-bond donors (Lipinski definition) is 2. The summed E-state index contributed by atoms with van der Waals surface area (Å²) in [6, 6.07) is 5.71. The Kier molecular flexibility index (Phi) is 5.63. The van der Waals surface area contributed by atoms with Gasteiger partial charge in [0.1, 0.15) is 5.75 Å². The van der Waals surface area contributed by atoms with Crippen molar-refractivity contribution in [2.24, 2.45) is 0 Å². The van der Waals surface area contributed by atoms with Gasteiger partial charge in [-0.1, -0.05) is 0 Å². The highest BCUT2D eigenvalue weighted by atomic mass is 16.5. The molecule has 1 aromatic carbocycles. The molecule has 17 heavy (non-hydrogen) atoms. The number of rotatable bonds is 7. The Bertz CT molecular complexity index is 339. The van der Waals surface area contributed by atoms with Crippen molar-refractivity contribution < 1.29 is 4.74 Å². The molecule has 4 heteroatoms. The lowest BCUT2D eigenvalue weighted by molar-refractivity contribution is 0.396. The Morgan fingerprint density at radius 2 is 2.06 bits per heavy atom. The number of anilines is 2. The van der Waals surface area contributed by atoms with Crippen molar-refractivity contribution in [3.63, 3.8) is 0 Å². The monoisotopic (exact) mass is 237 g/mol. The standard InChI is InChI=1S/C13H23N3O/c1-16(2)9-5-4-8-15-13-7-6-11(17-3)10-12(13)14/h6-7,10,15H,4-5,8-9,14H2,1-3H3. The molecule has 0 unspecified atom stereocenters. The molecule has 0 radical (unpaired) electrons. The van der Waals surface area contributed by atoms with E-state index in [1.165, 1.54) is 6.42 Å². The van der Waals surface area contributed by atoms with Crippen LogP contribution in [0.1, 0.15) is 12.8 Å². The van der Waals surface area contributed by atoms with Gasteiger partial charge in [0, 0.05) is 12.6 Å². The molecule has 0 heterocycles. The van der Waals surface area contributed by atoms with Crippen molar-refractivity contribution >= 4 is 11.4 Å². The van der Waals surface area contributed by atoms with E-state index < -0.39 is 0 Å². The van der Waals surface area contributed by atoms with Gasteiger partial charge in [0.15, 0.2) is 0 Å². The van der Waals surface area contributed by atoms with Gasteiger partial charge >= 0.3 is 0 Å². The maximum absolute atomic E-state index is 5.91. The number of methoxy groups -OCH3 is 1. The van der Waals surface area contributed by atoms with Gasteiger partial charge in [0.2, 0.25) is 0 Å². The summed E-state index contributed by atoms with van der Waals surface area (Å²) in [5.41, 5.74) is 7.62. The molecular formula is C13H23N3O. The van der Waals surface area contributed by atoms with Gasteiger partial charge in [-0.15, -0.1) is 0 Å². The molecule has 0 fully saturated rings. The average Bonchev–Trinajstić information content (AvgIpc) is 2.30. The van der Waals surface area contributed by atoms with Crippen LogP contribution in [-0.4, -0.2) is 39.2 Å². The van der Waals surface area contributed by atoms with Crippen LogP contribution in [0.25, 0.3) is 0 Å². The fourth-order valence-corrected chi connectivity index (χ4v) is 1.60. The number of nitrogens with two attached hydrogens (primary N) is 1. The highest BCUT2D eigenvalue weighted by molar-refractivity contribution is 5.68. The molecule has 0 bridgehead atoms. The zero-order valence-electron chi connectivity index (χ0n) is 11.0. The number of benzene rings is 1. The third-order valence-electron chi connectivity index (χ3n) is 2.61. The second kappa shape index (κ2) is 7.01. The third kappa shape index (κ3) is 4.95. The fraction of sp³-hybridized carbons (Fsp3) is 0.538. The maximum Gasteiger partial charge on any atom is 0.121 e. The van der Waals surface area contributed by atoms with E-state index in [9.17, 15) is 0 Å². The number of nitrogen functional groups attached to an aromatic ring is 1. The first-order valence-electron chi connectivity index (χ1n) is 5.95. The van der Waals surface area contributed by atoms with Crippen LogP contribution in [0.2, 0.25) is 0 Å². The van der Waals surface area contributed by atoms with Crippen molar-refractivity contribution in [1.29, 1.82) is 0 Å². The fourth-order valence-electron chi connectivity index (χ4n) is 1.60. The van der Waals surface area contributed by atoms with E-state index in [0.29, 0.717) is 0 Å². The summed E-state index contributed by atoms with van der Waals surface area (Å²) in [6.45, 7) is 2.07. The van der Waals surface area contributed by atoms with Crippen LogP contribution in [0.5, 0.6) is 5.75 Å². The number of nitrogens with zero attached hydrogens (tertiary/aromatic N) is 1. The van der Waals surface area contributed by atoms with Crippen molar-refractivity contribution in [3.05, 3.63) is 18.2 Å². The van der Waals surface area contributed by atoms with E-state index in [4.69, 9.17) is 10.5 Å². The van der Waals surface area contributed by atoms with Gasteiger partial charge in [0.05, 0.1) is 18.5 Å². The minimum absolute atomic E-state index is 0.733. The first-order valence-corrected chi connectivity index (χ1v) is 5.95. The second-order valence-electron chi connectivity index (χ2n) is 4.39. The Hall–Kier alpha value is -1.42. The molecule has 0 amide bonds. The van der Waals surface area contributed by atoms with Crippen molar-refractivity contribution in [2.45, 2.75) is 12.8 Å². The molecule has 0 saturated heterocycles. The van der Waals surface area contributed by atoms with E-state index in [1.807, 2.05) is 18.2 Å². The summed E-state index contributed by atoms with van der Waals surface area (Å²) in [5, 5.41) is 3.34. The lowest BCUT2D eigenvalue weighted by Gasteiger charge is -2.12. The SMILES string of the molecule is COc1ccc(NCCCCN(C)C)c(N)c1. The average molecular weight is 237 g/mol. The Morgan fingerprint density at radius 1 is 1.29 bits per heavy atom. The lowest BCUT2D eigenvalue weighted by Crippen LogP contribution is -2.14. The number of ether oxygens (including phenoxy) is 1. The molecule has 3 N–H and O–H groups in total. The topological polar surface area (TPSA) is 50.5 Å². The molecule has 0 aliphatic heterocycles. The van der Waals surface area contributed by atoms with Gasteiger partial charge in [-0.3, -0.25) is 0 Å². The summed E-state index contributed by atoms with van der Waals surface area (Å²) in [4.78, 5) is 2.20. The molecule has 0 aromatic heterocycles. The van der Waals surface area contributed by atoms with Gasteiger partial charge in [-0.25, -0.2) is 0 Å². The molecular weight excluding hydrogens is 214 g/mol. The smallest absolute Gasteiger partial charge is 0.121 e. The zero-order chi connectivity index (χ0) is 12.7. The largest absolute Gasteiger partial charge is 0.497 e. The molecule has 1 aromatic rings. The van der Waals surface area contributed by atoms with Crippen LogP contribution in [0.3, 0.4) is 0 Å². The van der Waals surface area contributed by atoms with Crippen molar-refractivity contribution in [1.82, 2.24) is 4.90 Å². The number of nitrogens with one attached hydrogen (secondary N) is 1. The normalized spacial score (nSPS) is 10.6. The van der Waals surface area contributed by atoms with E-state index >= 15 is 0 Å². The summed E-state index contributed by atoms with van der Waals surface area (Å²) >= 11 is 0. The van der Waals surface area contributed by atoms with Gasteiger partial charge in [-0.2, -0.15) is 0 Å². The summed E-state index contributed by atoms with van der Waals surface area (Å²) in [5.74, 6) is 0.792. The second-order valence-corrected chi connectivity index (χ2v) is 4.39. The molecule has 4 nitrogen and oxygen atoms in total. The van der Waals surface area contributed by atoms with E-state index in [2.05, 4.69) is 24.3 Å². The predicted octanol–water partition coefficient (Wildman–Crippen LogP) is 2.03. The van der Waals surface area contributed by atoms with Crippen LogP contribution in [0.4, 0.5) is 11.4 Å². The molecule has 0 atom stereocenters. The first-order chi connectivity index (χ1) is 8.13. The number of hydrogen-bond acceptors (Lipinski definition) is 4. The molecule has 0 saturated carbocycles. The molecule has 0 aliphatic rings. The summed E-state index contributed by atoms with van der Waals surface area (Å²) < 4.78 is 5.11. The van der Waals surface area contributed by atoms with Crippen LogP contribution in [-0.2, 0) is 0 Å². The van der Waals surface area contributed by atoms with E-state index in [-0.39, 0.29) is 0 Å². The Morgan fingerprint density at radius 3 is 2.65 bits per heavy atom. The minimum atomic E-state index is 0.733. The molecule has 0 aliphatic carbocycles. The third-order valence-corrected chi connectivity index (χ3v) is 2.61. The van der Waals surface area contributed by atoms with Gasteiger partial charge in [0.25, 0.3) is 0 Å².